The first-order valence-corrected chi connectivity index (χ1v) is 4.93. The number of carboxylic acids is 1. The van der Waals surface area contributed by atoms with Crippen LogP contribution in [-0.4, -0.2) is 24.2 Å². The second kappa shape index (κ2) is 3.81. The first kappa shape index (κ1) is 9.83. The lowest BCUT2D eigenvalue weighted by molar-refractivity contribution is 0.0697. The molecule has 0 spiro atoms. The monoisotopic (exact) mass is 207 g/mol. The van der Waals surface area contributed by atoms with Crippen molar-refractivity contribution in [1.82, 2.24) is 0 Å². The molecule has 2 N–H and O–H groups in total. The summed E-state index contributed by atoms with van der Waals surface area (Å²) in [6.45, 7) is 0. The Hall–Kier alpha value is -1.71. The van der Waals surface area contributed by atoms with Crippen LogP contribution in [0.4, 0.5) is 5.69 Å². The number of para-hydroxylation sites is 1. The molecule has 0 aliphatic heterocycles. The van der Waals surface area contributed by atoms with Crippen molar-refractivity contribution in [1.29, 1.82) is 0 Å². The van der Waals surface area contributed by atoms with Crippen molar-refractivity contribution < 1.29 is 14.6 Å². The summed E-state index contributed by atoms with van der Waals surface area (Å²) in [5.74, 6) is -0.319. The largest absolute Gasteiger partial charge is 0.488 e. The number of rotatable bonds is 4. The van der Waals surface area contributed by atoms with Gasteiger partial charge in [-0.05, 0) is 25.0 Å². The number of nitrogens with one attached hydrogen (secondary N) is 1. The van der Waals surface area contributed by atoms with Gasteiger partial charge in [-0.2, -0.15) is 0 Å². The Kier molecular flexibility index (Phi) is 2.49. The Morgan fingerprint density at radius 3 is 2.80 bits per heavy atom. The van der Waals surface area contributed by atoms with E-state index in [1.807, 2.05) is 0 Å². The maximum Gasteiger partial charge on any atom is 0.337 e. The van der Waals surface area contributed by atoms with Crippen molar-refractivity contribution in [3.8, 4) is 5.75 Å². The van der Waals surface area contributed by atoms with E-state index in [1.165, 1.54) is 0 Å². The van der Waals surface area contributed by atoms with Gasteiger partial charge in [0.1, 0.15) is 5.75 Å². The summed E-state index contributed by atoms with van der Waals surface area (Å²) < 4.78 is 5.61. The van der Waals surface area contributed by atoms with E-state index in [1.54, 1.807) is 25.2 Å². The van der Waals surface area contributed by atoms with Crippen molar-refractivity contribution in [3.05, 3.63) is 23.8 Å². The fourth-order valence-electron chi connectivity index (χ4n) is 1.43. The van der Waals surface area contributed by atoms with Crippen LogP contribution in [0.1, 0.15) is 23.2 Å². The molecule has 1 aliphatic rings. The SMILES string of the molecule is CNc1c(OC2CC2)cccc1C(=O)O. The topological polar surface area (TPSA) is 58.6 Å². The highest BCUT2D eigenvalue weighted by atomic mass is 16.5. The maximum absolute atomic E-state index is 10.9. The van der Waals surface area contributed by atoms with E-state index in [0.717, 1.165) is 12.8 Å². The number of hydrogen-bond donors (Lipinski definition) is 2. The molecule has 1 fully saturated rings. The molecule has 0 atom stereocenters. The molecule has 4 nitrogen and oxygen atoms in total. The van der Waals surface area contributed by atoms with E-state index in [0.29, 0.717) is 11.4 Å². The highest BCUT2D eigenvalue weighted by Crippen LogP contribution is 2.33. The zero-order chi connectivity index (χ0) is 10.8. The standard InChI is InChI=1S/C11H13NO3/c1-12-10-8(11(13)14)3-2-4-9(10)15-7-5-6-7/h2-4,7,12H,5-6H2,1H3,(H,13,14). The predicted molar refractivity (Wildman–Crippen MR) is 56.6 cm³/mol. The highest BCUT2D eigenvalue weighted by Gasteiger charge is 2.25. The summed E-state index contributed by atoms with van der Waals surface area (Å²) in [6, 6.07) is 5.05. The molecule has 1 aromatic rings. The van der Waals surface area contributed by atoms with Gasteiger partial charge in [-0.25, -0.2) is 4.79 Å². The molecule has 1 saturated carbocycles. The smallest absolute Gasteiger partial charge is 0.337 e. The molecule has 0 radical (unpaired) electrons. The lowest BCUT2D eigenvalue weighted by atomic mass is 10.1. The van der Waals surface area contributed by atoms with Crippen LogP contribution < -0.4 is 10.1 Å². The quantitative estimate of drug-likeness (QED) is 0.792. The highest BCUT2D eigenvalue weighted by molar-refractivity contribution is 5.95. The van der Waals surface area contributed by atoms with E-state index in [2.05, 4.69) is 5.32 Å². The summed E-state index contributed by atoms with van der Waals surface area (Å²) in [5.41, 5.74) is 0.799. The lowest BCUT2D eigenvalue weighted by Gasteiger charge is -2.12. The fourth-order valence-corrected chi connectivity index (χ4v) is 1.43. The van der Waals surface area contributed by atoms with E-state index in [-0.39, 0.29) is 11.7 Å². The third kappa shape index (κ3) is 2.03. The number of carbonyl (C=O) groups is 1. The van der Waals surface area contributed by atoms with Crippen molar-refractivity contribution >= 4 is 11.7 Å². The van der Waals surface area contributed by atoms with Gasteiger partial charge in [0.05, 0.1) is 17.4 Å². The Morgan fingerprint density at radius 1 is 1.53 bits per heavy atom. The minimum absolute atomic E-state index is 0.246. The summed E-state index contributed by atoms with van der Waals surface area (Å²) in [5, 5.41) is 11.8. The molecule has 0 saturated heterocycles. The van der Waals surface area contributed by atoms with Crippen molar-refractivity contribution in [2.24, 2.45) is 0 Å². The van der Waals surface area contributed by atoms with Crippen LogP contribution in [0.25, 0.3) is 0 Å². The molecule has 4 heteroatoms. The first-order chi connectivity index (χ1) is 7.22. The van der Waals surface area contributed by atoms with Gasteiger partial charge in [-0.15, -0.1) is 0 Å². The third-order valence-electron chi connectivity index (χ3n) is 2.32. The van der Waals surface area contributed by atoms with Gasteiger partial charge in [-0.1, -0.05) is 6.07 Å². The predicted octanol–water partition coefficient (Wildman–Crippen LogP) is 1.97. The van der Waals surface area contributed by atoms with Gasteiger partial charge in [0.2, 0.25) is 0 Å². The van der Waals surface area contributed by atoms with Gasteiger partial charge in [0.15, 0.2) is 0 Å². The van der Waals surface area contributed by atoms with Crippen LogP contribution in [0.3, 0.4) is 0 Å². The second-order valence-corrected chi connectivity index (χ2v) is 3.55. The number of anilines is 1. The van der Waals surface area contributed by atoms with Gasteiger partial charge in [0.25, 0.3) is 0 Å². The van der Waals surface area contributed by atoms with Crippen LogP contribution in [0, 0.1) is 0 Å². The van der Waals surface area contributed by atoms with E-state index < -0.39 is 5.97 Å². The normalized spacial score (nSPS) is 14.7. The molecule has 1 aromatic carbocycles. The second-order valence-electron chi connectivity index (χ2n) is 3.55. The van der Waals surface area contributed by atoms with E-state index in [9.17, 15) is 4.79 Å². The van der Waals surface area contributed by atoms with Gasteiger partial charge in [-0.3, -0.25) is 0 Å². The van der Waals surface area contributed by atoms with Crippen molar-refractivity contribution in [2.45, 2.75) is 18.9 Å². The number of aromatic carboxylic acids is 1. The van der Waals surface area contributed by atoms with Crippen LogP contribution in [-0.2, 0) is 0 Å². The zero-order valence-corrected chi connectivity index (χ0v) is 8.49. The molecule has 0 bridgehead atoms. The first-order valence-electron chi connectivity index (χ1n) is 4.93. The van der Waals surface area contributed by atoms with Crippen LogP contribution in [0.15, 0.2) is 18.2 Å². The lowest BCUT2D eigenvalue weighted by Crippen LogP contribution is -2.06. The van der Waals surface area contributed by atoms with Crippen molar-refractivity contribution in [3.63, 3.8) is 0 Å². The average molecular weight is 207 g/mol. The van der Waals surface area contributed by atoms with E-state index in [4.69, 9.17) is 9.84 Å². The number of carboxylic acid groups (broad SMARTS) is 1. The van der Waals surface area contributed by atoms with Crippen LogP contribution in [0.5, 0.6) is 5.75 Å². The Balaban J connectivity index is 2.34. The maximum atomic E-state index is 10.9. The Morgan fingerprint density at radius 2 is 2.27 bits per heavy atom. The molecule has 0 unspecified atom stereocenters. The Labute approximate surface area is 87.9 Å². The van der Waals surface area contributed by atoms with Gasteiger partial charge >= 0.3 is 5.97 Å². The molecular weight excluding hydrogens is 194 g/mol. The molecule has 0 heterocycles. The molecular formula is C11H13NO3. The molecule has 0 aromatic heterocycles. The average Bonchev–Trinajstić information content (AvgIpc) is 3.01. The summed E-state index contributed by atoms with van der Waals surface area (Å²) in [7, 11) is 1.70. The van der Waals surface area contributed by atoms with Gasteiger partial charge in [0, 0.05) is 7.05 Å². The molecule has 0 amide bonds. The number of hydrogen-bond acceptors (Lipinski definition) is 3. The molecule has 2 rings (SSSR count). The van der Waals surface area contributed by atoms with Crippen LogP contribution in [0.2, 0.25) is 0 Å². The number of ether oxygens (including phenoxy) is 1. The molecule has 1 aliphatic carbocycles. The fraction of sp³-hybridized carbons (Fsp3) is 0.364. The zero-order valence-electron chi connectivity index (χ0n) is 8.49. The molecule has 15 heavy (non-hydrogen) atoms. The summed E-state index contributed by atoms with van der Waals surface area (Å²) >= 11 is 0. The summed E-state index contributed by atoms with van der Waals surface area (Å²) in [4.78, 5) is 10.9. The summed E-state index contributed by atoms with van der Waals surface area (Å²) in [6.07, 6.45) is 2.38. The van der Waals surface area contributed by atoms with Crippen LogP contribution >= 0.6 is 0 Å². The molecule has 80 valence electrons. The number of benzene rings is 1. The minimum Gasteiger partial charge on any atom is -0.488 e. The van der Waals surface area contributed by atoms with Gasteiger partial charge < -0.3 is 15.2 Å². The third-order valence-corrected chi connectivity index (χ3v) is 2.32. The Bertz CT molecular complexity index is 385. The van der Waals surface area contributed by atoms with E-state index >= 15 is 0 Å². The minimum atomic E-state index is -0.944. The van der Waals surface area contributed by atoms with Crippen molar-refractivity contribution in [2.75, 3.05) is 12.4 Å².